The molecule has 2 aromatic rings. The van der Waals surface area contributed by atoms with Gasteiger partial charge in [-0.25, -0.2) is 0 Å². The fraction of sp³-hybridized carbons (Fsp3) is 0.250. The van der Waals surface area contributed by atoms with Gasteiger partial charge in [-0.05, 0) is 35.4 Å². The molecule has 0 N–H and O–H groups in total. The number of benzene rings is 2. The molecule has 0 spiro atoms. The molecule has 0 aliphatic heterocycles. The second-order valence-electron chi connectivity index (χ2n) is 4.61. The third kappa shape index (κ3) is 3.68. The van der Waals surface area contributed by atoms with Gasteiger partial charge in [-0.15, -0.1) is 11.6 Å². The molecule has 106 valence electrons. The van der Waals surface area contributed by atoms with Gasteiger partial charge < -0.3 is 9.64 Å². The topological polar surface area (TPSA) is 12.5 Å². The number of rotatable bonds is 5. The second-order valence-corrected chi connectivity index (χ2v) is 5.79. The summed E-state index contributed by atoms with van der Waals surface area (Å²) < 4.78 is 6.23. The predicted octanol–water partition coefficient (Wildman–Crippen LogP) is 4.83. The molecule has 0 aromatic heterocycles. The Morgan fingerprint density at radius 3 is 2.45 bits per heavy atom. The number of halogens is 2. The van der Waals surface area contributed by atoms with Crippen molar-refractivity contribution in [2.75, 3.05) is 19.1 Å². The first kappa shape index (κ1) is 15.2. The molecule has 0 bridgehead atoms. The molecule has 2 aromatic carbocycles. The molecule has 0 saturated carbocycles. The van der Waals surface area contributed by atoms with Gasteiger partial charge in [0.1, 0.15) is 5.75 Å². The van der Waals surface area contributed by atoms with Crippen molar-refractivity contribution in [2.45, 2.75) is 12.4 Å². The van der Waals surface area contributed by atoms with Crippen LogP contribution in [0.15, 0.2) is 46.9 Å². The molecule has 0 heterocycles. The van der Waals surface area contributed by atoms with E-state index in [-0.39, 0.29) is 0 Å². The number of nitrogens with zero attached hydrogens (tertiary/aromatic N) is 1. The Labute approximate surface area is 133 Å². The van der Waals surface area contributed by atoms with Crippen molar-refractivity contribution in [1.82, 2.24) is 0 Å². The number of anilines is 1. The van der Waals surface area contributed by atoms with E-state index in [2.05, 4.69) is 52.1 Å². The Balaban J connectivity index is 2.18. The van der Waals surface area contributed by atoms with Crippen molar-refractivity contribution in [3.63, 3.8) is 0 Å². The zero-order valence-corrected chi connectivity index (χ0v) is 13.9. The van der Waals surface area contributed by atoms with E-state index >= 15 is 0 Å². The van der Waals surface area contributed by atoms with Crippen molar-refractivity contribution in [1.29, 1.82) is 0 Å². The van der Waals surface area contributed by atoms with E-state index in [0.29, 0.717) is 5.88 Å². The zero-order valence-electron chi connectivity index (χ0n) is 11.6. The van der Waals surface area contributed by atoms with E-state index < -0.39 is 0 Å². The van der Waals surface area contributed by atoms with Crippen LogP contribution >= 0.6 is 27.5 Å². The molecule has 4 heteroatoms. The van der Waals surface area contributed by atoms with Crippen LogP contribution in [0.3, 0.4) is 0 Å². The summed E-state index contributed by atoms with van der Waals surface area (Å²) in [7, 11) is 3.75. The second kappa shape index (κ2) is 7.00. The van der Waals surface area contributed by atoms with E-state index in [4.69, 9.17) is 16.3 Å². The van der Waals surface area contributed by atoms with Crippen LogP contribution in [-0.4, -0.2) is 14.2 Å². The number of alkyl halides is 1. The molecule has 0 radical (unpaired) electrons. The van der Waals surface area contributed by atoms with Crippen molar-refractivity contribution in [2.24, 2.45) is 0 Å². The minimum absolute atomic E-state index is 0.509. The molecule has 0 fully saturated rings. The third-order valence-electron chi connectivity index (χ3n) is 3.18. The van der Waals surface area contributed by atoms with Gasteiger partial charge in [-0.3, -0.25) is 0 Å². The normalized spacial score (nSPS) is 10.4. The van der Waals surface area contributed by atoms with Gasteiger partial charge in [0.25, 0.3) is 0 Å². The van der Waals surface area contributed by atoms with E-state index in [1.807, 2.05) is 18.2 Å². The van der Waals surface area contributed by atoms with Gasteiger partial charge >= 0.3 is 0 Å². The van der Waals surface area contributed by atoms with Crippen LogP contribution in [0.2, 0.25) is 0 Å². The first-order chi connectivity index (χ1) is 9.63. The maximum atomic E-state index is 6.01. The van der Waals surface area contributed by atoms with Crippen LogP contribution < -0.4 is 9.64 Å². The maximum absolute atomic E-state index is 6.01. The van der Waals surface area contributed by atoms with Crippen molar-refractivity contribution in [3.8, 4) is 5.75 Å². The van der Waals surface area contributed by atoms with E-state index in [0.717, 1.165) is 28.0 Å². The first-order valence-corrected chi connectivity index (χ1v) is 7.65. The molecule has 2 rings (SSSR count). The molecule has 0 aliphatic carbocycles. The Kier molecular flexibility index (Phi) is 5.32. The number of hydrogen-bond donors (Lipinski definition) is 0. The first-order valence-electron chi connectivity index (χ1n) is 6.32. The van der Waals surface area contributed by atoms with Gasteiger partial charge in [0.15, 0.2) is 0 Å². The largest absolute Gasteiger partial charge is 0.497 e. The molecule has 2 nitrogen and oxygen atoms in total. The molecular weight excluding hydrogens is 338 g/mol. The minimum atomic E-state index is 0.509. The zero-order chi connectivity index (χ0) is 14.5. The summed E-state index contributed by atoms with van der Waals surface area (Å²) in [5, 5.41) is 0. The molecule has 0 aliphatic rings. The van der Waals surface area contributed by atoms with Crippen LogP contribution in [0.1, 0.15) is 11.1 Å². The molecule has 0 unspecified atom stereocenters. The highest BCUT2D eigenvalue weighted by Crippen LogP contribution is 2.27. The fourth-order valence-corrected chi connectivity index (χ4v) is 2.67. The highest BCUT2D eigenvalue weighted by Gasteiger charge is 2.08. The van der Waals surface area contributed by atoms with Crippen LogP contribution in [0.5, 0.6) is 5.75 Å². The fourth-order valence-electron chi connectivity index (χ4n) is 2.10. The van der Waals surface area contributed by atoms with Gasteiger partial charge in [0, 0.05) is 29.6 Å². The van der Waals surface area contributed by atoms with Gasteiger partial charge in [0.05, 0.1) is 7.11 Å². The maximum Gasteiger partial charge on any atom is 0.118 e. The smallest absolute Gasteiger partial charge is 0.118 e. The highest BCUT2D eigenvalue weighted by atomic mass is 79.9. The lowest BCUT2D eigenvalue weighted by molar-refractivity contribution is 0.414. The van der Waals surface area contributed by atoms with Crippen molar-refractivity contribution in [3.05, 3.63) is 58.1 Å². The van der Waals surface area contributed by atoms with Crippen LogP contribution in [0.4, 0.5) is 5.69 Å². The summed E-state index contributed by atoms with van der Waals surface area (Å²) >= 11 is 9.52. The average molecular weight is 355 g/mol. The molecule has 0 amide bonds. The summed E-state index contributed by atoms with van der Waals surface area (Å²) in [5.74, 6) is 1.38. The van der Waals surface area contributed by atoms with E-state index in [1.165, 1.54) is 5.56 Å². The molecule has 0 saturated heterocycles. The summed E-state index contributed by atoms with van der Waals surface area (Å²) in [5.41, 5.74) is 3.50. The monoisotopic (exact) mass is 353 g/mol. The Hall–Kier alpha value is -1.19. The Bertz CT molecular complexity index is 571. The summed E-state index contributed by atoms with van der Waals surface area (Å²) in [6.07, 6.45) is 0. The average Bonchev–Trinajstić information content (AvgIpc) is 2.48. The SMILES string of the molecule is COc1ccc(CN(C)c2cc(Br)ccc2CCl)cc1. The molecular formula is C16H17BrClNO. The summed E-state index contributed by atoms with van der Waals surface area (Å²) in [6, 6.07) is 14.3. The number of ether oxygens (including phenoxy) is 1. The summed E-state index contributed by atoms with van der Waals surface area (Å²) in [4.78, 5) is 2.20. The molecule has 0 atom stereocenters. The van der Waals surface area contributed by atoms with Crippen LogP contribution in [0, 0.1) is 0 Å². The lowest BCUT2D eigenvalue weighted by Crippen LogP contribution is -2.17. The van der Waals surface area contributed by atoms with Crippen molar-refractivity contribution >= 4 is 33.2 Å². The number of hydrogen-bond acceptors (Lipinski definition) is 2. The third-order valence-corrected chi connectivity index (χ3v) is 3.96. The van der Waals surface area contributed by atoms with Gasteiger partial charge in [-0.2, -0.15) is 0 Å². The van der Waals surface area contributed by atoms with Crippen LogP contribution in [0.25, 0.3) is 0 Å². The van der Waals surface area contributed by atoms with Gasteiger partial charge in [-0.1, -0.05) is 34.1 Å². The lowest BCUT2D eigenvalue weighted by atomic mass is 10.1. The van der Waals surface area contributed by atoms with E-state index in [1.54, 1.807) is 7.11 Å². The summed E-state index contributed by atoms with van der Waals surface area (Å²) in [6.45, 7) is 0.824. The van der Waals surface area contributed by atoms with Gasteiger partial charge in [0.2, 0.25) is 0 Å². The highest BCUT2D eigenvalue weighted by molar-refractivity contribution is 9.10. The standard InChI is InChI=1S/C16H17BrClNO/c1-19(11-12-3-7-15(20-2)8-4-12)16-9-14(17)6-5-13(16)10-18/h3-9H,10-11H2,1-2H3. The minimum Gasteiger partial charge on any atom is -0.497 e. The van der Waals surface area contributed by atoms with E-state index in [9.17, 15) is 0 Å². The Morgan fingerprint density at radius 1 is 1.15 bits per heavy atom. The number of methoxy groups -OCH3 is 1. The predicted molar refractivity (Wildman–Crippen MR) is 88.8 cm³/mol. The Morgan fingerprint density at radius 2 is 1.85 bits per heavy atom. The quantitative estimate of drug-likeness (QED) is 0.713. The molecule has 20 heavy (non-hydrogen) atoms. The van der Waals surface area contributed by atoms with Crippen molar-refractivity contribution < 1.29 is 4.74 Å². The lowest BCUT2D eigenvalue weighted by Gasteiger charge is -2.22. The van der Waals surface area contributed by atoms with Crippen LogP contribution in [-0.2, 0) is 12.4 Å².